The molecule has 1 spiro atoms. The Morgan fingerprint density at radius 1 is 1.42 bits per heavy atom. The third kappa shape index (κ3) is 1.38. The Balaban J connectivity index is 1.96. The summed E-state index contributed by atoms with van der Waals surface area (Å²) in [6, 6.07) is 0.683. The van der Waals surface area contributed by atoms with E-state index in [9.17, 15) is 0 Å². The highest BCUT2D eigenvalue weighted by atomic mass is 16.5. The first-order chi connectivity index (χ1) is 5.72. The second-order valence-electron chi connectivity index (χ2n) is 4.48. The highest BCUT2D eigenvalue weighted by Crippen LogP contribution is 2.35. The van der Waals surface area contributed by atoms with Crippen LogP contribution >= 0.6 is 0 Å². The minimum absolute atomic E-state index is 0.0922. The molecule has 2 fully saturated rings. The first-order valence-electron chi connectivity index (χ1n) is 5.13. The number of hydrogen-bond acceptors (Lipinski definition) is 2. The standard InChI is InChI=1S/C10H19NO/c1-8(2)9-4-6-10(11-9)5-3-7-12-10/h8-9,11H,3-7H2,1-2H3. The molecule has 0 saturated carbocycles. The summed E-state index contributed by atoms with van der Waals surface area (Å²) < 4.78 is 5.77. The fourth-order valence-corrected chi connectivity index (χ4v) is 2.38. The van der Waals surface area contributed by atoms with E-state index >= 15 is 0 Å². The average molecular weight is 169 g/mol. The van der Waals surface area contributed by atoms with Crippen LogP contribution in [0.25, 0.3) is 0 Å². The lowest BCUT2D eigenvalue weighted by atomic mass is 10.0. The number of ether oxygens (including phenoxy) is 1. The van der Waals surface area contributed by atoms with Crippen molar-refractivity contribution >= 4 is 0 Å². The number of rotatable bonds is 1. The van der Waals surface area contributed by atoms with Crippen LogP contribution in [0.4, 0.5) is 0 Å². The van der Waals surface area contributed by atoms with Crippen molar-refractivity contribution in [2.45, 2.75) is 51.3 Å². The van der Waals surface area contributed by atoms with Crippen LogP contribution in [0.3, 0.4) is 0 Å². The summed E-state index contributed by atoms with van der Waals surface area (Å²) in [5.41, 5.74) is 0.0922. The van der Waals surface area contributed by atoms with Gasteiger partial charge in [0.15, 0.2) is 0 Å². The largest absolute Gasteiger partial charge is 0.361 e. The van der Waals surface area contributed by atoms with Crippen molar-refractivity contribution in [1.29, 1.82) is 0 Å². The lowest BCUT2D eigenvalue weighted by Gasteiger charge is -2.25. The first kappa shape index (κ1) is 8.52. The highest BCUT2D eigenvalue weighted by Gasteiger charge is 2.42. The molecule has 0 aromatic heterocycles. The minimum atomic E-state index is 0.0922. The van der Waals surface area contributed by atoms with Gasteiger partial charge in [0.2, 0.25) is 0 Å². The van der Waals surface area contributed by atoms with Crippen molar-refractivity contribution in [1.82, 2.24) is 5.32 Å². The van der Waals surface area contributed by atoms with Crippen LogP contribution in [-0.2, 0) is 4.74 Å². The zero-order chi connectivity index (χ0) is 8.60. The molecule has 2 heteroatoms. The van der Waals surface area contributed by atoms with E-state index in [-0.39, 0.29) is 5.72 Å². The Labute approximate surface area is 74.7 Å². The van der Waals surface area contributed by atoms with Gasteiger partial charge in [0.05, 0.1) is 0 Å². The van der Waals surface area contributed by atoms with E-state index in [1.54, 1.807) is 0 Å². The van der Waals surface area contributed by atoms with E-state index in [4.69, 9.17) is 4.74 Å². The van der Waals surface area contributed by atoms with Crippen molar-refractivity contribution in [3.05, 3.63) is 0 Å². The first-order valence-corrected chi connectivity index (χ1v) is 5.13. The van der Waals surface area contributed by atoms with Crippen molar-refractivity contribution in [2.75, 3.05) is 6.61 Å². The van der Waals surface area contributed by atoms with Gasteiger partial charge in [0.1, 0.15) is 5.72 Å². The predicted molar refractivity (Wildman–Crippen MR) is 48.9 cm³/mol. The van der Waals surface area contributed by atoms with Gasteiger partial charge in [0, 0.05) is 12.6 Å². The van der Waals surface area contributed by atoms with E-state index in [0.29, 0.717) is 6.04 Å². The van der Waals surface area contributed by atoms with Crippen LogP contribution in [0.15, 0.2) is 0 Å². The smallest absolute Gasteiger partial charge is 0.119 e. The molecule has 2 saturated heterocycles. The maximum absolute atomic E-state index is 5.77. The van der Waals surface area contributed by atoms with Crippen molar-refractivity contribution < 1.29 is 4.74 Å². The van der Waals surface area contributed by atoms with Gasteiger partial charge in [-0.25, -0.2) is 0 Å². The fourth-order valence-electron chi connectivity index (χ4n) is 2.38. The third-order valence-corrected chi connectivity index (χ3v) is 3.22. The molecule has 2 aliphatic heterocycles. The van der Waals surface area contributed by atoms with E-state index in [2.05, 4.69) is 19.2 Å². The molecule has 12 heavy (non-hydrogen) atoms. The molecule has 0 bridgehead atoms. The monoisotopic (exact) mass is 169 g/mol. The molecule has 2 unspecified atom stereocenters. The number of nitrogens with one attached hydrogen (secondary N) is 1. The molecule has 2 aliphatic rings. The molecular formula is C10H19NO. The number of hydrogen-bond donors (Lipinski definition) is 1. The quantitative estimate of drug-likeness (QED) is 0.647. The van der Waals surface area contributed by atoms with Gasteiger partial charge in [0.25, 0.3) is 0 Å². The normalized spacial score (nSPS) is 41.8. The molecule has 70 valence electrons. The molecule has 2 atom stereocenters. The predicted octanol–water partition coefficient (Wildman–Crippen LogP) is 1.90. The Morgan fingerprint density at radius 2 is 2.25 bits per heavy atom. The van der Waals surface area contributed by atoms with Gasteiger partial charge >= 0.3 is 0 Å². The second-order valence-corrected chi connectivity index (χ2v) is 4.48. The van der Waals surface area contributed by atoms with Crippen LogP contribution in [0.1, 0.15) is 39.5 Å². The van der Waals surface area contributed by atoms with Crippen LogP contribution in [-0.4, -0.2) is 18.4 Å². The van der Waals surface area contributed by atoms with Gasteiger partial charge < -0.3 is 4.74 Å². The summed E-state index contributed by atoms with van der Waals surface area (Å²) in [5.74, 6) is 0.744. The summed E-state index contributed by atoms with van der Waals surface area (Å²) in [5, 5.41) is 3.64. The lowest BCUT2D eigenvalue weighted by Crippen LogP contribution is -2.43. The molecule has 0 amide bonds. The van der Waals surface area contributed by atoms with Crippen LogP contribution < -0.4 is 5.32 Å². The molecule has 2 nitrogen and oxygen atoms in total. The molecular weight excluding hydrogens is 150 g/mol. The maximum Gasteiger partial charge on any atom is 0.119 e. The fraction of sp³-hybridized carbons (Fsp3) is 1.00. The maximum atomic E-state index is 5.77. The molecule has 2 heterocycles. The SMILES string of the molecule is CC(C)C1CCC2(CCCO2)N1. The minimum Gasteiger partial charge on any atom is -0.361 e. The Morgan fingerprint density at radius 3 is 2.75 bits per heavy atom. The second kappa shape index (κ2) is 3.00. The van der Waals surface area contributed by atoms with E-state index in [1.165, 1.54) is 25.7 Å². The Bertz CT molecular complexity index is 161. The molecule has 0 aliphatic carbocycles. The highest BCUT2D eigenvalue weighted by molar-refractivity contribution is 4.94. The van der Waals surface area contributed by atoms with Gasteiger partial charge in [-0.05, 0) is 31.6 Å². The Hall–Kier alpha value is -0.0800. The summed E-state index contributed by atoms with van der Waals surface area (Å²) in [7, 11) is 0. The lowest BCUT2D eigenvalue weighted by molar-refractivity contribution is -0.0135. The van der Waals surface area contributed by atoms with Gasteiger partial charge in [-0.1, -0.05) is 13.8 Å². The van der Waals surface area contributed by atoms with E-state index in [0.717, 1.165) is 12.5 Å². The molecule has 1 N–H and O–H groups in total. The van der Waals surface area contributed by atoms with Crippen molar-refractivity contribution in [2.24, 2.45) is 5.92 Å². The summed E-state index contributed by atoms with van der Waals surface area (Å²) in [6.07, 6.45) is 4.96. The Kier molecular flexibility index (Phi) is 2.13. The summed E-state index contributed by atoms with van der Waals surface area (Å²) in [4.78, 5) is 0. The topological polar surface area (TPSA) is 21.3 Å². The van der Waals surface area contributed by atoms with Gasteiger partial charge in [-0.15, -0.1) is 0 Å². The molecule has 0 aromatic carbocycles. The molecule has 0 aromatic rings. The van der Waals surface area contributed by atoms with Crippen LogP contribution in [0.2, 0.25) is 0 Å². The van der Waals surface area contributed by atoms with E-state index in [1.807, 2.05) is 0 Å². The van der Waals surface area contributed by atoms with Crippen molar-refractivity contribution in [3.8, 4) is 0 Å². The van der Waals surface area contributed by atoms with Crippen molar-refractivity contribution in [3.63, 3.8) is 0 Å². The average Bonchev–Trinajstić information content (AvgIpc) is 2.62. The van der Waals surface area contributed by atoms with Crippen LogP contribution in [0, 0.1) is 5.92 Å². The molecule has 2 rings (SSSR count). The van der Waals surface area contributed by atoms with Gasteiger partial charge in [-0.3, -0.25) is 5.32 Å². The molecule has 0 radical (unpaired) electrons. The summed E-state index contributed by atoms with van der Waals surface area (Å²) in [6.45, 7) is 5.52. The van der Waals surface area contributed by atoms with E-state index < -0.39 is 0 Å². The van der Waals surface area contributed by atoms with Gasteiger partial charge in [-0.2, -0.15) is 0 Å². The zero-order valence-corrected chi connectivity index (χ0v) is 8.10. The summed E-state index contributed by atoms with van der Waals surface area (Å²) >= 11 is 0. The zero-order valence-electron chi connectivity index (χ0n) is 8.10. The van der Waals surface area contributed by atoms with Crippen LogP contribution in [0.5, 0.6) is 0 Å². The third-order valence-electron chi connectivity index (χ3n) is 3.22.